The molecule has 0 saturated carbocycles. The van der Waals surface area contributed by atoms with Crippen molar-refractivity contribution in [2.24, 2.45) is 0 Å². The molecule has 1 atom stereocenters. The molecular weight excluding hydrogens is 346 g/mol. The lowest BCUT2D eigenvalue weighted by Crippen LogP contribution is -2.29. The summed E-state index contributed by atoms with van der Waals surface area (Å²) in [7, 11) is -1.59. The van der Waals surface area contributed by atoms with Gasteiger partial charge in [-0.1, -0.05) is 12.1 Å². The number of anilines is 2. The topological polar surface area (TPSA) is 71.5 Å². The first-order valence-electron chi connectivity index (χ1n) is 7.64. The zero-order valence-corrected chi connectivity index (χ0v) is 15.9. The second kappa shape index (κ2) is 7.96. The minimum absolute atomic E-state index is 0.184. The van der Waals surface area contributed by atoms with Gasteiger partial charge < -0.3 is 10.1 Å². The summed E-state index contributed by atoms with van der Waals surface area (Å²) in [6.45, 7) is 4.86. The molecule has 6 nitrogen and oxygen atoms in total. The summed E-state index contributed by atoms with van der Waals surface area (Å²) in [6.07, 6.45) is 1.21. The summed E-state index contributed by atoms with van der Waals surface area (Å²) in [5.41, 5.74) is 2.47. The Labute approximate surface area is 147 Å². The van der Waals surface area contributed by atoms with Crippen LogP contribution in [0.5, 0.6) is 0 Å². The van der Waals surface area contributed by atoms with E-state index in [9.17, 15) is 8.42 Å². The lowest BCUT2D eigenvalue weighted by atomic mass is 10.1. The second-order valence-corrected chi connectivity index (χ2v) is 8.28. The Balaban J connectivity index is 2.15. The van der Waals surface area contributed by atoms with Crippen molar-refractivity contribution in [2.75, 3.05) is 36.1 Å². The fourth-order valence-corrected chi connectivity index (χ4v) is 4.19. The molecule has 0 amide bonds. The van der Waals surface area contributed by atoms with Gasteiger partial charge in [-0.15, -0.1) is 11.3 Å². The zero-order valence-electron chi connectivity index (χ0n) is 14.3. The molecule has 8 heteroatoms. The molecule has 1 N–H and O–H groups in total. The summed E-state index contributed by atoms with van der Waals surface area (Å²) in [5, 5.41) is 6.10. The van der Waals surface area contributed by atoms with Gasteiger partial charge in [0.15, 0.2) is 5.13 Å². The van der Waals surface area contributed by atoms with Crippen LogP contribution in [-0.2, 0) is 14.8 Å². The maximum Gasteiger partial charge on any atom is 0.232 e. The molecule has 0 bridgehead atoms. The fourth-order valence-electron chi connectivity index (χ4n) is 2.38. The van der Waals surface area contributed by atoms with Crippen molar-refractivity contribution in [3.63, 3.8) is 0 Å². The van der Waals surface area contributed by atoms with Crippen molar-refractivity contribution >= 4 is 32.2 Å². The highest BCUT2D eigenvalue weighted by Crippen LogP contribution is 2.27. The van der Waals surface area contributed by atoms with Gasteiger partial charge >= 0.3 is 0 Å². The third-order valence-electron chi connectivity index (χ3n) is 3.43. The van der Waals surface area contributed by atoms with Crippen LogP contribution in [0.1, 0.15) is 13.8 Å². The number of sulfonamides is 1. The van der Waals surface area contributed by atoms with Crippen molar-refractivity contribution < 1.29 is 13.2 Å². The maximum atomic E-state index is 11.8. The Morgan fingerprint density at radius 2 is 2.00 bits per heavy atom. The molecule has 132 valence electrons. The number of ether oxygens (including phenoxy) is 1. The van der Waals surface area contributed by atoms with Crippen molar-refractivity contribution in [1.82, 2.24) is 4.98 Å². The second-order valence-electron chi connectivity index (χ2n) is 5.51. The highest BCUT2D eigenvalue weighted by molar-refractivity contribution is 7.92. The standard InChI is InChI=1S/C16H23N3O3S2/c1-5-19(24(4,20)21)14-8-6-13(7-9-14)15-11-23-16(18-15)17-12(2)10-22-3/h6-9,11-12H,5,10H2,1-4H3,(H,17,18). The van der Waals surface area contributed by atoms with Crippen LogP contribution >= 0.6 is 11.3 Å². The van der Waals surface area contributed by atoms with E-state index in [4.69, 9.17) is 4.74 Å². The van der Waals surface area contributed by atoms with Crippen LogP contribution in [0.2, 0.25) is 0 Å². The monoisotopic (exact) mass is 369 g/mol. The summed E-state index contributed by atoms with van der Waals surface area (Å²) in [6, 6.07) is 7.57. The molecule has 1 heterocycles. The van der Waals surface area contributed by atoms with E-state index in [1.54, 1.807) is 19.2 Å². The molecule has 2 rings (SSSR count). The Morgan fingerprint density at radius 3 is 2.54 bits per heavy atom. The van der Waals surface area contributed by atoms with Crippen LogP contribution in [0, 0.1) is 0 Å². The molecule has 0 aliphatic carbocycles. The number of methoxy groups -OCH3 is 1. The predicted octanol–water partition coefficient (Wildman–Crippen LogP) is 3.04. The Morgan fingerprint density at radius 1 is 1.33 bits per heavy atom. The van der Waals surface area contributed by atoms with E-state index >= 15 is 0 Å². The average Bonchev–Trinajstić information content (AvgIpc) is 2.96. The van der Waals surface area contributed by atoms with Gasteiger partial charge in [0.2, 0.25) is 10.0 Å². The first kappa shape index (κ1) is 18.7. The lowest BCUT2D eigenvalue weighted by Gasteiger charge is -2.20. The maximum absolute atomic E-state index is 11.8. The van der Waals surface area contributed by atoms with Crippen LogP contribution in [0.25, 0.3) is 11.3 Å². The number of nitrogens with zero attached hydrogens (tertiary/aromatic N) is 2. The predicted molar refractivity (Wildman–Crippen MR) is 100 cm³/mol. The van der Waals surface area contributed by atoms with Gasteiger partial charge in [-0.25, -0.2) is 13.4 Å². The lowest BCUT2D eigenvalue weighted by molar-refractivity contribution is 0.190. The molecule has 0 aliphatic rings. The largest absolute Gasteiger partial charge is 0.383 e. The first-order valence-corrected chi connectivity index (χ1v) is 10.4. The van der Waals surface area contributed by atoms with Crippen LogP contribution in [0.4, 0.5) is 10.8 Å². The SMILES string of the molecule is CCN(c1ccc(-c2csc(NC(C)COC)n2)cc1)S(C)(=O)=O. The van der Waals surface area contributed by atoms with E-state index in [-0.39, 0.29) is 6.04 Å². The molecule has 1 unspecified atom stereocenters. The van der Waals surface area contributed by atoms with Crippen LogP contribution < -0.4 is 9.62 Å². The van der Waals surface area contributed by atoms with Crippen LogP contribution in [0.3, 0.4) is 0 Å². The number of thiazole rings is 1. The van der Waals surface area contributed by atoms with Gasteiger partial charge in [0.05, 0.1) is 24.2 Å². The highest BCUT2D eigenvalue weighted by Gasteiger charge is 2.15. The molecule has 0 saturated heterocycles. The van der Waals surface area contributed by atoms with E-state index in [2.05, 4.69) is 10.3 Å². The number of benzene rings is 1. The average molecular weight is 370 g/mol. The molecular formula is C16H23N3O3S2. The summed E-state index contributed by atoms with van der Waals surface area (Å²) in [4.78, 5) is 4.57. The number of rotatable bonds is 8. The Bertz CT molecular complexity index is 757. The summed E-state index contributed by atoms with van der Waals surface area (Å²) in [5.74, 6) is 0. The van der Waals surface area contributed by atoms with Gasteiger partial charge in [0, 0.05) is 30.6 Å². The zero-order chi connectivity index (χ0) is 17.7. The van der Waals surface area contributed by atoms with E-state index in [1.165, 1.54) is 21.9 Å². The van der Waals surface area contributed by atoms with Gasteiger partial charge in [0.25, 0.3) is 0 Å². The van der Waals surface area contributed by atoms with Crippen molar-refractivity contribution in [3.05, 3.63) is 29.6 Å². The van der Waals surface area contributed by atoms with Crippen molar-refractivity contribution in [2.45, 2.75) is 19.9 Å². The van der Waals surface area contributed by atoms with Gasteiger partial charge in [-0.2, -0.15) is 0 Å². The van der Waals surface area contributed by atoms with Gasteiger partial charge in [0.1, 0.15) is 0 Å². The third kappa shape index (κ3) is 4.68. The number of hydrogen-bond acceptors (Lipinski definition) is 6. The van der Waals surface area contributed by atoms with Crippen LogP contribution in [0.15, 0.2) is 29.6 Å². The van der Waals surface area contributed by atoms with Crippen molar-refractivity contribution in [1.29, 1.82) is 0 Å². The van der Waals surface area contributed by atoms with Crippen molar-refractivity contribution in [3.8, 4) is 11.3 Å². The van der Waals surface area contributed by atoms with E-state index in [1.807, 2.05) is 31.4 Å². The quantitative estimate of drug-likeness (QED) is 0.774. The highest BCUT2D eigenvalue weighted by atomic mass is 32.2. The number of hydrogen-bond donors (Lipinski definition) is 1. The molecule has 0 fully saturated rings. The molecule has 1 aromatic carbocycles. The first-order chi connectivity index (χ1) is 11.3. The van der Waals surface area contributed by atoms with E-state index in [0.717, 1.165) is 16.4 Å². The number of nitrogens with one attached hydrogen (secondary N) is 1. The Kier molecular flexibility index (Phi) is 6.20. The third-order valence-corrected chi connectivity index (χ3v) is 5.47. The Hall–Kier alpha value is -1.64. The minimum Gasteiger partial charge on any atom is -0.383 e. The van der Waals surface area contributed by atoms with E-state index < -0.39 is 10.0 Å². The molecule has 1 aromatic heterocycles. The fraction of sp³-hybridized carbons (Fsp3) is 0.438. The molecule has 0 aliphatic heterocycles. The normalized spacial score (nSPS) is 12.8. The molecule has 0 spiro atoms. The van der Waals surface area contributed by atoms with E-state index in [0.29, 0.717) is 18.8 Å². The number of aromatic nitrogens is 1. The molecule has 2 aromatic rings. The summed E-state index contributed by atoms with van der Waals surface area (Å²) < 4.78 is 30.0. The van der Waals surface area contributed by atoms with Gasteiger partial charge in [-0.05, 0) is 26.0 Å². The van der Waals surface area contributed by atoms with Gasteiger partial charge in [-0.3, -0.25) is 4.31 Å². The molecule has 24 heavy (non-hydrogen) atoms. The smallest absolute Gasteiger partial charge is 0.232 e. The minimum atomic E-state index is -3.26. The molecule has 0 radical (unpaired) electrons. The van der Waals surface area contributed by atoms with Crippen LogP contribution in [-0.4, -0.2) is 46.0 Å². The summed E-state index contributed by atoms with van der Waals surface area (Å²) >= 11 is 1.53.